The highest BCUT2D eigenvalue weighted by Gasteiger charge is 2.41. The minimum absolute atomic E-state index is 0.594. The lowest BCUT2D eigenvalue weighted by Gasteiger charge is -2.28. The van der Waals surface area contributed by atoms with E-state index in [4.69, 9.17) is 13.3 Å². The van der Waals surface area contributed by atoms with Gasteiger partial charge in [0.1, 0.15) is 5.75 Å². The van der Waals surface area contributed by atoms with E-state index in [0.29, 0.717) is 13.2 Å². The molecule has 100 valence electrons. The lowest BCUT2D eigenvalue weighted by molar-refractivity contribution is 0.118. The van der Waals surface area contributed by atoms with Crippen LogP contribution in [0.4, 0.5) is 0 Å². The molecule has 0 aliphatic rings. The molecular weight excluding hydrogens is 244 g/mol. The Morgan fingerprint density at radius 3 is 2.22 bits per heavy atom. The topological polar surface area (TPSA) is 27.7 Å². The first kappa shape index (κ1) is 15.0. The van der Waals surface area contributed by atoms with Crippen molar-refractivity contribution in [2.75, 3.05) is 13.2 Å². The van der Waals surface area contributed by atoms with Crippen molar-refractivity contribution in [1.82, 2.24) is 0 Å². The van der Waals surface area contributed by atoms with Gasteiger partial charge in [0.2, 0.25) is 0 Å². The first-order valence-corrected chi connectivity index (χ1v) is 8.32. The van der Waals surface area contributed by atoms with Crippen molar-refractivity contribution in [3.8, 4) is 5.75 Å². The molecule has 1 rings (SSSR count). The minimum Gasteiger partial charge on any atom is -0.500 e. The minimum atomic E-state index is -2.61. The fourth-order valence-electron chi connectivity index (χ4n) is 1.73. The molecule has 1 aromatic rings. The van der Waals surface area contributed by atoms with Gasteiger partial charge in [0.05, 0.1) is 0 Å². The summed E-state index contributed by atoms with van der Waals surface area (Å²) in [6.07, 6.45) is 1.78. The molecule has 0 saturated heterocycles. The quantitative estimate of drug-likeness (QED) is 0.671. The lowest BCUT2D eigenvalue weighted by atomic mass is 10.2. The summed E-state index contributed by atoms with van der Waals surface area (Å²) in [6, 6.07) is 8.54. The summed E-state index contributed by atoms with van der Waals surface area (Å²) in [4.78, 5) is 0. The third-order valence-electron chi connectivity index (χ3n) is 2.57. The number of para-hydroxylation sites is 1. The molecule has 0 fully saturated rings. The van der Waals surface area contributed by atoms with Crippen molar-refractivity contribution in [3.63, 3.8) is 0 Å². The van der Waals surface area contributed by atoms with Crippen molar-refractivity contribution in [2.45, 2.75) is 26.8 Å². The first-order valence-electron chi connectivity index (χ1n) is 6.39. The molecule has 0 aromatic heterocycles. The highest BCUT2D eigenvalue weighted by molar-refractivity contribution is 6.61. The summed E-state index contributed by atoms with van der Waals surface area (Å²) in [5.41, 5.74) is 0.960. The monoisotopic (exact) mass is 266 g/mol. The van der Waals surface area contributed by atoms with Crippen LogP contribution in [0.3, 0.4) is 0 Å². The fraction of sp³-hybridized carbons (Fsp3) is 0.429. The predicted molar refractivity (Wildman–Crippen MR) is 76.6 cm³/mol. The summed E-state index contributed by atoms with van der Waals surface area (Å²) in [7, 11) is -2.61. The fourth-order valence-corrected chi connectivity index (χ4v) is 3.88. The average Bonchev–Trinajstić information content (AvgIpc) is 2.40. The zero-order valence-corrected chi connectivity index (χ0v) is 12.4. The molecule has 1 aromatic carbocycles. The van der Waals surface area contributed by atoms with Gasteiger partial charge in [0.25, 0.3) is 0 Å². The van der Waals surface area contributed by atoms with Crippen LogP contribution in [-0.4, -0.2) is 22.0 Å². The van der Waals surface area contributed by atoms with Crippen molar-refractivity contribution in [2.24, 2.45) is 0 Å². The molecule has 0 saturated carbocycles. The zero-order valence-electron chi connectivity index (χ0n) is 11.4. The number of hydrogen-bond donors (Lipinski definition) is 0. The van der Waals surface area contributed by atoms with Gasteiger partial charge in [-0.3, -0.25) is 0 Å². The van der Waals surface area contributed by atoms with E-state index in [1.807, 2.05) is 45.0 Å². The first-order chi connectivity index (χ1) is 8.71. The molecule has 0 N–H and O–H groups in total. The van der Waals surface area contributed by atoms with Gasteiger partial charge in [-0.1, -0.05) is 37.8 Å². The number of benzene rings is 1. The Kier molecular flexibility index (Phi) is 6.11. The van der Waals surface area contributed by atoms with Crippen LogP contribution < -0.4 is 4.43 Å². The lowest BCUT2D eigenvalue weighted by Crippen LogP contribution is -2.48. The van der Waals surface area contributed by atoms with E-state index >= 15 is 0 Å². The summed E-state index contributed by atoms with van der Waals surface area (Å²) in [5.74, 6) is 0.780. The summed E-state index contributed by atoms with van der Waals surface area (Å²) in [5, 5.41) is 0. The zero-order chi connectivity index (χ0) is 13.4. The van der Waals surface area contributed by atoms with E-state index in [2.05, 4.69) is 6.58 Å². The van der Waals surface area contributed by atoms with Crippen LogP contribution in [0.2, 0.25) is 6.04 Å². The summed E-state index contributed by atoms with van der Waals surface area (Å²) in [6.45, 7) is 10.9. The van der Waals surface area contributed by atoms with Crippen molar-refractivity contribution < 1.29 is 13.3 Å². The second-order valence-corrected chi connectivity index (χ2v) is 6.60. The molecule has 0 unspecified atom stereocenters. The highest BCUT2D eigenvalue weighted by atomic mass is 28.4. The highest BCUT2D eigenvalue weighted by Crippen LogP contribution is 2.25. The molecule has 0 radical (unpaired) electrons. The van der Waals surface area contributed by atoms with Crippen molar-refractivity contribution in [3.05, 3.63) is 36.4 Å². The van der Waals surface area contributed by atoms with E-state index in [0.717, 1.165) is 17.4 Å². The van der Waals surface area contributed by atoms with Crippen LogP contribution in [0.1, 0.15) is 26.3 Å². The molecular formula is C14H22O3Si. The number of hydrogen-bond acceptors (Lipinski definition) is 3. The normalized spacial score (nSPS) is 11.3. The van der Waals surface area contributed by atoms with Gasteiger partial charge < -0.3 is 13.3 Å². The maximum atomic E-state index is 6.08. The Morgan fingerprint density at radius 2 is 1.72 bits per heavy atom. The number of rotatable bonds is 8. The Balaban J connectivity index is 2.97. The van der Waals surface area contributed by atoms with E-state index in [1.54, 1.807) is 6.08 Å². The molecule has 4 heteroatoms. The second-order valence-electron chi connectivity index (χ2n) is 3.75. The van der Waals surface area contributed by atoms with Crippen molar-refractivity contribution in [1.29, 1.82) is 0 Å². The van der Waals surface area contributed by atoms with E-state index < -0.39 is 8.80 Å². The smallest absolute Gasteiger partial charge is 0.500 e. The van der Waals surface area contributed by atoms with Gasteiger partial charge in [0.15, 0.2) is 0 Å². The van der Waals surface area contributed by atoms with Gasteiger partial charge in [0, 0.05) is 24.8 Å². The van der Waals surface area contributed by atoms with Gasteiger partial charge in [-0.25, -0.2) is 0 Å². The molecule has 0 spiro atoms. The van der Waals surface area contributed by atoms with Crippen LogP contribution in [0.15, 0.2) is 30.8 Å². The van der Waals surface area contributed by atoms with Crippen LogP contribution in [-0.2, 0) is 8.85 Å². The SMILES string of the molecule is C=Cc1ccccc1O[Si](CC)(OCC)OCC. The standard InChI is InChI=1S/C14H22O3Si/c1-5-13-11-9-10-12-14(13)17-18(8-4,15-6-2)16-7-3/h5,9-12H,1,6-8H2,2-4H3. The Bertz CT molecular complexity index is 373. The largest absolute Gasteiger partial charge is 0.565 e. The Hall–Kier alpha value is -1.10. The molecule has 0 aliphatic carbocycles. The van der Waals surface area contributed by atoms with E-state index in [9.17, 15) is 0 Å². The third-order valence-corrected chi connectivity index (χ3v) is 5.42. The van der Waals surface area contributed by atoms with Gasteiger partial charge in [-0.2, -0.15) is 0 Å². The second kappa shape index (κ2) is 7.36. The molecule has 3 nitrogen and oxygen atoms in total. The maximum absolute atomic E-state index is 6.08. The molecule has 0 heterocycles. The molecule has 0 aliphatic heterocycles. The van der Waals surface area contributed by atoms with E-state index in [1.165, 1.54) is 0 Å². The van der Waals surface area contributed by atoms with Crippen LogP contribution in [0.5, 0.6) is 5.75 Å². The third kappa shape index (κ3) is 3.70. The van der Waals surface area contributed by atoms with Gasteiger partial charge >= 0.3 is 8.80 Å². The Morgan fingerprint density at radius 1 is 1.11 bits per heavy atom. The van der Waals surface area contributed by atoms with Crippen molar-refractivity contribution >= 4 is 14.9 Å². The van der Waals surface area contributed by atoms with Gasteiger partial charge in [-0.05, 0) is 19.9 Å². The predicted octanol–water partition coefficient (Wildman–Crippen LogP) is 3.74. The van der Waals surface area contributed by atoms with Crippen LogP contribution in [0.25, 0.3) is 6.08 Å². The molecule has 0 atom stereocenters. The molecule has 18 heavy (non-hydrogen) atoms. The van der Waals surface area contributed by atoms with Crippen LogP contribution >= 0.6 is 0 Å². The molecule has 0 bridgehead atoms. The average molecular weight is 266 g/mol. The van der Waals surface area contributed by atoms with E-state index in [-0.39, 0.29) is 0 Å². The summed E-state index contributed by atoms with van der Waals surface area (Å²) < 4.78 is 17.6. The maximum Gasteiger partial charge on any atom is 0.565 e. The van der Waals surface area contributed by atoms with Crippen LogP contribution in [0, 0.1) is 0 Å². The molecule has 0 amide bonds. The Labute approximate surface area is 111 Å². The summed E-state index contributed by atoms with van der Waals surface area (Å²) >= 11 is 0. The van der Waals surface area contributed by atoms with Gasteiger partial charge in [-0.15, -0.1) is 0 Å².